The van der Waals surface area contributed by atoms with Crippen molar-refractivity contribution in [3.05, 3.63) is 23.9 Å². The molecule has 1 aromatic heterocycles. The molecule has 0 spiro atoms. The van der Waals surface area contributed by atoms with Gasteiger partial charge in [0.1, 0.15) is 0 Å². The van der Waals surface area contributed by atoms with Gasteiger partial charge in [-0.2, -0.15) is 0 Å². The summed E-state index contributed by atoms with van der Waals surface area (Å²) in [6.07, 6.45) is 2.03. The number of piperidine rings is 1. The first kappa shape index (κ1) is 16.3. The van der Waals surface area contributed by atoms with Gasteiger partial charge in [-0.25, -0.2) is 4.98 Å². The van der Waals surface area contributed by atoms with Crippen LogP contribution in [-0.2, 0) is 4.79 Å². The molecular formula is C16H22N2O4. The standard InChI is InChI=1S/C16H22N2O4/c1-10(2)22-14-5-4-12(8-17-14)15(19)18-7-6-13(16(20)21)11(3)9-18/h4-5,8,10-11,13H,6-7,9H2,1-3H3,(H,20,21). The predicted octanol–water partition coefficient (Wildman–Crippen LogP) is 2.05. The fourth-order valence-electron chi connectivity index (χ4n) is 2.70. The van der Waals surface area contributed by atoms with E-state index < -0.39 is 5.97 Å². The van der Waals surface area contributed by atoms with Crippen LogP contribution in [0.3, 0.4) is 0 Å². The van der Waals surface area contributed by atoms with E-state index in [1.54, 1.807) is 17.0 Å². The van der Waals surface area contributed by atoms with Crippen LogP contribution >= 0.6 is 0 Å². The lowest BCUT2D eigenvalue weighted by atomic mass is 9.87. The zero-order valence-corrected chi connectivity index (χ0v) is 13.2. The Morgan fingerprint density at radius 1 is 1.41 bits per heavy atom. The number of nitrogens with zero attached hydrogens (tertiary/aromatic N) is 2. The van der Waals surface area contributed by atoms with Crippen molar-refractivity contribution >= 4 is 11.9 Å². The maximum absolute atomic E-state index is 12.5. The van der Waals surface area contributed by atoms with Crippen LogP contribution in [0, 0.1) is 11.8 Å². The molecule has 2 rings (SSSR count). The molecule has 6 nitrogen and oxygen atoms in total. The summed E-state index contributed by atoms with van der Waals surface area (Å²) in [7, 11) is 0. The summed E-state index contributed by atoms with van der Waals surface area (Å²) in [6, 6.07) is 3.38. The highest BCUT2D eigenvalue weighted by Crippen LogP contribution is 2.24. The molecule has 1 fully saturated rings. The number of hydrogen-bond acceptors (Lipinski definition) is 4. The molecule has 0 aromatic carbocycles. The van der Waals surface area contributed by atoms with Crippen LogP contribution in [0.5, 0.6) is 5.88 Å². The maximum atomic E-state index is 12.5. The third-order valence-electron chi connectivity index (χ3n) is 3.85. The topological polar surface area (TPSA) is 79.7 Å². The van der Waals surface area contributed by atoms with Crippen LogP contribution in [0.25, 0.3) is 0 Å². The van der Waals surface area contributed by atoms with Crippen LogP contribution < -0.4 is 4.74 Å². The molecule has 6 heteroatoms. The van der Waals surface area contributed by atoms with E-state index in [0.717, 1.165) is 0 Å². The van der Waals surface area contributed by atoms with Crippen molar-refractivity contribution in [3.8, 4) is 5.88 Å². The minimum Gasteiger partial charge on any atom is -0.481 e. The van der Waals surface area contributed by atoms with Gasteiger partial charge >= 0.3 is 5.97 Å². The molecule has 2 heterocycles. The van der Waals surface area contributed by atoms with E-state index in [1.165, 1.54) is 6.20 Å². The average molecular weight is 306 g/mol. The molecule has 1 amide bonds. The summed E-state index contributed by atoms with van der Waals surface area (Å²) in [6.45, 7) is 6.62. The molecule has 2 unspecified atom stereocenters. The fourth-order valence-corrected chi connectivity index (χ4v) is 2.70. The summed E-state index contributed by atoms with van der Waals surface area (Å²) in [5.41, 5.74) is 0.497. The van der Waals surface area contributed by atoms with Gasteiger partial charge in [0.25, 0.3) is 5.91 Å². The van der Waals surface area contributed by atoms with Crippen molar-refractivity contribution in [2.75, 3.05) is 13.1 Å². The molecule has 0 aliphatic carbocycles. The number of likely N-dealkylation sites (tertiary alicyclic amines) is 1. The number of pyridine rings is 1. The smallest absolute Gasteiger partial charge is 0.306 e. The quantitative estimate of drug-likeness (QED) is 0.921. The first-order valence-electron chi connectivity index (χ1n) is 7.53. The van der Waals surface area contributed by atoms with Gasteiger partial charge < -0.3 is 14.7 Å². The first-order chi connectivity index (χ1) is 10.4. The minimum absolute atomic E-state index is 0.0324. The van der Waals surface area contributed by atoms with Crippen LogP contribution in [0.4, 0.5) is 0 Å². The highest BCUT2D eigenvalue weighted by Gasteiger charge is 2.33. The van der Waals surface area contributed by atoms with E-state index in [4.69, 9.17) is 9.84 Å². The fraction of sp³-hybridized carbons (Fsp3) is 0.562. The molecule has 0 saturated carbocycles. The highest BCUT2D eigenvalue weighted by molar-refractivity contribution is 5.94. The van der Waals surface area contributed by atoms with Crippen molar-refractivity contribution in [3.63, 3.8) is 0 Å². The Balaban J connectivity index is 2.01. The van der Waals surface area contributed by atoms with E-state index in [1.807, 2.05) is 20.8 Å². The number of ether oxygens (including phenoxy) is 1. The lowest BCUT2D eigenvalue weighted by Crippen LogP contribution is -2.45. The average Bonchev–Trinajstić information content (AvgIpc) is 2.46. The van der Waals surface area contributed by atoms with Gasteiger partial charge in [-0.1, -0.05) is 6.92 Å². The molecule has 120 valence electrons. The molecule has 22 heavy (non-hydrogen) atoms. The van der Waals surface area contributed by atoms with Crippen LogP contribution in [0.1, 0.15) is 37.6 Å². The van der Waals surface area contributed by atoms with E-state index >= 15 is 0 Å². The Kier molecular flexibility index (Phi) is 5.00. The first-order valence-corrected chi connectivity index (χ1v) is 7.53. The van der Waals surface area contributed by atoms with Crippen molar-refractivity contribution < 1.29 is 19.4 Å². The van der Waals surface area contributed by atoms with Crippen molar-refractivity contribution in [1.82, 2.24) is 9.88 Å². The van der Waals surface area contributed by atoms with Crippen molar-refractivity contribution in [2.24, 2.45) is 11.8 Å². The minimum atomic E-state index is -0.781. The van der Waals surface area contributed by atoms with E-state index in [-0.39, 0.29) is 23.8 Å². The van der Waals surface area contributed by atoms with Crippen LogP contribution in [0.15, 0.2) is 18.3 Å². The normalized spacial score (nSPS) is 21.7. The van der Waals surface area contributed by atoms with Crippen molar-refractivity contribution in [1.29, 1.82) is 0 Å². The Morgan fingerprint density at radius 3 is 2.64 bits per heavy atom. The lowest BCUT2D eigenvalue weighted by Gasteiger charge is -2.34. The summed E-state index contributed by atoms with van der Waals surface area (Å²) < 4.78 is 5.45. The van der Waals surface area contributed by atoms with Gasteiger partial charge in [-0.05, 0) is 32.3 Å². The highest BCUT2D eigenvalue weighted by atomic mass is 16.5. The third kappa shape index (κ3) is 3.75. The lowest BCUT2D eigenvalue weighted by molar-refractivity contribution is -0.145. The molecule has 1 saturated heterocycles. The second kappa shape index (κ2) is 6.77. The summed E-state index contributed by atoms with van der Waals surface area (Å²) in [5.74, 6) is -0.823. The van der Waals surface area contributed by atoms with E-state index in [9.17, 15) is 9.59 Å². The Hall–Kier alpha value is -2.11. The Morgan fingerprint density at radius 2 is 2.14 bits per heavy atom. The predicted molar refractivity (Wildman–Crippen MR) is 80.8 cm³/mol. The summed E-state index contributed by atoms with van der Waals surface area (Å²) in [5, 5.41) is 9.13. The number of rotatable bonds is 4. The molecule has 1 aliphatic rings. The monoisotopic (exact) mass is 306 g/mol. The maximum Gasteiger partial charge on any atom is 0.306 e. The Labute approximate surface area is 130 Å². The number of carboxylic acids is 1. The molecule has 0 radical (unpaired) electrons. The van der Waals surface area contributed by atoms with Gasteiger partial charge in [0.2, 0.25) is 5.88 Å². The number of amides is 1. The zero-order chi connectivity index (χ0) is 16.3. The van der Waals surface area contributed by atoms with Gasteiger partial charge in [-0.3, -0.25) is 9.59 Å². The molecule has 1 aromatic rings. The number of aromatic nitrogens is 1. The summed E-state index contributed by atoms with van der Waals surface area (Å²) >= 11 is 0. The second-order valence-electron chi connectivity index (χ2n) is 6.01. The second-order valence-corrected chi connectivity index (χ2v) is 6.01. The van der Waals surface area contributed by atoms with Gasteiger partial charge in [-0.15, -0.1) is 0 Å². The Bertz CT molecular complexity index is 542. The number of carboxylic acid groups (broad SMARTS) is 1. The summed E-state index contributed by atoms with van der Waals surface area (Å²) in [4.78, 5) is 29.4. The van der Waals surface area contributed by atoms with Gasteiger partial charge in [0.05, 0.1) is 17.6 Å². The molecule has 2 atom stereocenters. The third-order valence-corrected chi connectivity index (χ3v) is 3.85. The molecule has 1 aliphatic heterocycles. The van der Waals surface area contributed by atoms with Gasteiger partial charge in [0.15, 0.2) is 0 Å². The van der Waals surface area contributed by atoms with Crippen LogP contribution in [-0.4, -0.2) is 46.1 Å². The molecule has 1 N–H and O–H groups in total. The van der Waals surface area contributed by atoms with Crippen LogP contribution in [0.2, 0.25) is 0 Å². The van der Waals surface area contributed by atoms with Crippen molar-refractivity contribution in [2.45, 2.75) is 33.3 Å². The number of carbonyl (C=O) groups excluding carboxylic acids is 1. The van der Waals surface area contributed by atoms with Gasteiger partial charge in [0, 0.05) is 25.4 Å². The molecular weight excluding hydrogens is 284 g/mol. The number of hydrogen-bond donors (Lipinski definition) is 1. The SMILES string of the molecule is CC(C)Oc1ccc(C(=O)N2CCC(C(=O)O)C(C)C2)cn1. The largest absolute Gasteiger partial charge is 0.481 e. The molecule has 0 bridgehead atoms. The number of carbonyl (C=O) groups is 2. The van der Waals surface area contributed by atoms with E-state index in [2.05, 4.69) is 4.98 Å². The van der Waals surface area contributed by atoms with E-state index in [0.29, 0.717) is 31.0 Å². The zero-order valence-electron chi connectivity index (χ0n) is 13.2. The number of aliphatic carboxylic acids is 1.